The maximum Gasteiger partial charge on any atom is 0.197 e. The van der Waals surface area contributed by atoms with E-state index in [2.05, 4.69) is 4.98 Å². The Morgan fingerprint density at radius 2 is 2.25 bits per heavy atom. The van der Waals surface area contributed by atoms with Gasteiger partial charge in [0, 0.05) is 0 Å². The molecule has 6 heteroatoms. The lowest BCUT2D eigenvalue weighted by Crippen LogP contribution is -2.27. The van der Waals surface area contributed by atoms with Crippen LogP contribution in [0.1, 0.15) is 23.7 Å². The molecule has 84 valence electrons. The molecule has 0 bridgehead atoms. The third-order valence-corrected chi connectivity index (χ3v) is 5.47. The summed E-state index contributed by atoms with van der Waals surface area (Å²) < 4.78 is 22.2. The summed E-state index contributed by atoms with van der Waals surface area (Å²) in [5, 5.41) is 9.30. The van der Waals surface area contributed by atoms with Crippen LogP contribution in [0.3, 0.4) is 0 Å². The van der Waals surface area contributed by atoms with Gasteiger partial charge in [-0.3, -0.25) is 0 Å². The van der Waals surface area contributed by atoms with Crippen molar-refractivity contribution < 1.29 is 8.42 Å². The highest BCUT2D eigenvalue weighted by Gasteiger charge is 2.50. The van der Waals surface area contributed by atoms with Crippen LogP contribution in [-0.2, 0) is 20.3 Å². The van der Waals surface area contributed by atoms with E-state index in [1.807, 2.05) is 6.07 Å². The van der Waals surface area contributed by atoms with Crippen LogP contribution in [0.4, 0.5) is 0 Å². The molecule has 1 aliphatic rings. The minimum atomic E-state index is -3.51. The summed E-state index contributed by atoms with van der Waals surface area (Å²) in [6.45, 7) is 3.12. The van der Waals surface area contributed by atoms with Gasteiger partial charge in [-0.1, -0.05) is 17.7 Å². The van der Waals surface area contributed by atoms with Crippen LogP contribution >= 0.6 is 11.6 Å². The Kier molecular flexibility index (Phi) is 2.26. The minimum Gasteiger partial charge on any atom is -0.238 e. The van der Waals surface area contributed by atoms with Gasteiger partial charge in [0.15, 0.2) is 14.6 Å². The van der Waals surface area contributed by atoms with Gasteiger partial charge in [-0.25, -0.2) is 13.4 Å². The van der Waals surface area contributed by atoms with Crippen LogP contribution in [0.2, 0.25) is 5.15 Å². The maximum absolute atomic E-state index is 11.9. The molecule has 1 atom stereocenters. The zero-order valence-electron chi connectivity index (χ0n) is 8.78. The lowest BCUT2D eigenvalue weighted by atomic mass is 10.0. The molecular formula is C10H9ClN2O2S. The molecule has 0 fully saturated rings. The molecule has 16 heavy (non-hydrogen) atoms. The van der Waals surface area contributed by atoms with E-state index in [4.69, 9.17) is 16.9 Å². The van der Waals surface area contributed by atoms with Crippen molar-refractivity contribution in [2.24, 2.45) is 0 Å². The van der Waals surface area contributed by atoms with Crippen molar-refractivity contribution in [3.05, 3.63) is 28.0 Å². The van der Waals surface area contributed by atoms with E-state index in [0.717, 1.165) is 5.56 Å². The van der Waals surface area contributed by atoms with Crippen LogP contribution in [0.25, 0.3) is 0 Å². The van der Waals surface area contributed by atoms with E-state index < -0.39 is 14.6 Å². The van der Waals surface area contributed by atoms with E-state index in [9.17, 15) is 8.42 Å². The first-order chi connectivity index (χ1) is 7.32. The molecule has 0 spiro atoms. The molecule has 1 aliphatic heterocycles. The maximum atomic E-state index is 11.9. The Morgan fingerprint density at radius 1 is 1.62 bits per heavy atom. The molecule has 2 heterocycles. The second-order valence-electron chi connectivity index (χ2n) is 4.01. The molecule has 4 nitrogen and oxygen atoms in total. The van der Waals surface area contributed by atoms with Crippen molar-refractivity contribution in [1.29, 1.82) is 5.26 Å². The number of nitrogens with zero attached hydrogens (tertiary/aromatic N) is 2. The summed E-state index contributed by atoms with van der Waals surface area (Å²) in [5.74, 6) is -0.141. The Hall–Kier alpha value is -1.12. The van der Waals surface area contributed by atoms with Gasteiger partial charge < -0.3 is 0 Å². The highest BCUT2D eigenvalue weighted by atomic mass is 35.5. The van der Waals surface area contributed by atoms with Crippen LogP contribution in [0.5, 0.6) is 0 Å². The van der Waals surface area contributed by atoms with E-state index in [-0.39, 0.29) is 16.6 Å². The SMILES string of the molecule is Cc1cc2c(nc1Cl)C(C)(C#N)S(=O)(=O)C2. The first-order valence-electron chi connectivity index (χ1n) is 4.62. The highest BCUT2D eigenvalue weighted by Crippen LogP contribution is 2.41. The smallest absolute Gasteiger partial charge is 0.197 e. The van der Waals surface area contributed by atoms with E-state index in [0.29, 0.717) is 5.56 Å². The van der Waals surface area contributed by atoms with Crippen LogP contribution in [-0.4, -0.2) is 13.4 Å². The molecule has 1 aromatic rings. The predicted molar refractivity (Wildman–Crippen MR) is 59.6 cm³/mol. The minimum absolute atomic E-state index is 0.141. The number of halogens is 1. The highest BCUT2D eigenvalue weighted by molar-refractivity contribution is 7.92. The second-order valence-corrected chi connectivity index (χ2v) is 6.70. The Morgan fingerprint density at radius 3 is 2.81 bits per heavy atom. The number of nitriles is 1. The number of pyridine rings is 1. The number of aromatic nitrogens is 1. The van der Waals surface area contributed by atoms with Gasteiger partial charge in [0.05, 0.1) is 17.5 Å². The van der Waals surface area contributed by atoms with Crippen molar-refractivity contribution >= 4 is 21.4 Å². The van der Waals surface area contributed by atoms with Crippen LogP contribution in [0, 0.1) is 18.3 Å². The largest absolute Gasteiger partial charge is 0.238 e. The monoisotopic (exact) mass is 256 g/mol. The van der Waals surface area contributed by atoms with Crippen molar-refractivity contribution in [3.63, 3.8) is 0 Å². The topological polar surface area (TPSA) is 70.8 Å². The van der Waals surface area contributed by atoms with Crippen LogP contribution in [0.15, 0.2) is 6.07 Å². The zero-order chi connectivity index (χ0) is 12.1. The van der Waals surface area contributed by atoms with Gasteiger partial charge in [0.25, 0.3) is 0 Å². The third-order valence-electron chi connectivity index (χ3n) is 2.86. The number of rotatable bonds is 0. The number of hydrogen-bond acceptors (Lipinski definition) is 4. The van der Waals surface area contributed by atoms with Crippen molar-refractivity contribution in [1.82, 2.24) is 4.98 Å². The predicted octanol–water partition coefficient (Wildman–Crippen LogP) is 1.71. The lowest BCUT2D eigenvalue weighted by molar-refractivity contribution is 0.576. The molecule has 2 rings (SSSR count). The molecule has 0 aromatic carbocycles. The Balaban J connectivity index is 2.82. The van der Waals surface area contributed by atoms with Gasteiger partial charge in [-0.2, -0.15) is 5.26 Å². The number of hydrogen-bond donors (Lipinski definition) is 0. The Labute approximate surface area is 98.8 Å². The van der Waals surface area contributed by atoms with Crippen LogP contribution < -0.4 is 0 Å². The lowest BCUT2D eigenvalue weighted by Gasteiger charge is -2.13. The molecule has 1 aromatic heterocycles. The normalized spacial score (nSPS) is 26.1. The summed E-state index contributed by atoms with van der Waals surface area (Å²) >= 11 is 5.85. The van der Waals surface area contributed by atoms with Crippen molar-refractivity contribution in [2.75, 3.05) is 0 Å². The molecule has 0 saturated carbocycles. The van der Waals surface area contributed by atoms with Crippen molar-refractivity contribution in [3.8, 4) is 6.07 Å². The van der Waals surface area contributed by atoms with E-state index in [1.165, 1.54) is 6.92 Å². The van der Waals surface area contributed by atoms with Gasteiger partial charge in [0.1, 0.15) is 5.15 Å². The molecule has 0 N–H and O–H groups in total. The van der Waals surface area contributed by atoms with Gasteiger partial charge in [0.2, 0.25) is 0 Å². The zero-order valence-corrected chi connectivity index (χ0v) is 10.4. The van der Waals surface area contributed by atoms with E-state index >= 15 is 0 Å². The van der Waals surface area contributed by atoms with Gasteiger partial charge >= 0.3 is 0 Å². The average molecular weight is 257 g/mol. The second kappa shape index (κ2) is 3.19. The summed E-state index contributed by atoms with van der Waals surface area (Å²) in [4.78, 5) is 4.04. The summed E-state index contributed by atoms with van der Waals surface area (Å²) in [6, 6.07) is 3.51. The summed E-state index contributed by atoms with van der Waals surface area (Å²) in [7, 11) is -3.51. The molecule has 0 aliphatic carbocycles. The standard InChI is InChI=1S/C10H9ClN2O2S/c1-6-3-7-4-16(14,15)10(2,5-12)8(7)13-9(6)11/h3H,4H2,1-2H3. The van der Waals surface area contributed by atoms with Gasteiger partial charge in [-0.05, 0) is 25.0 Å². The molecule has 1 unspecified atom stereocenters. The molecule has 0 saturated heterocycles. The van der Waals surface area contributed by atoms with Crippen molar-refractivity contribution in [2.45, 2.75) is 24.3 Å². The number of fused-ring (bicyclic) bond motifs is 1. The average Bonchev–Trinajstić information content (AvgIpc) is 2.38. The fourth-order valence-corrected chi connectivity index (χ4v) is 3.46. The summed E-state index contributed by atoms with van der Waals surface area (Å²) in [6.07, 6.45) is 0. The van der Waals surface area contributed by atoms with E-state index in [1.54, 1.807) is 13.0 Å². The number of sulfone groups is 1. The molecule has 0 radical (unpaired) electrons. The fraction of sp³-hybridized carbons (Fsp3) is 0.400. The quantitative estimate of drug-likeness (QED) is 0.663. The number of aryl methyl sites for hydroxylation is 1. The summed E-state index contributed by atoms with van der Waals surface area (Å²) in [5.41, 5.74) is 1.56. The Bertz CT molecular complexity index is 618. The first-order valence-corrected chi connectivity index (χ1v) is 6.65. The molecule has 0 amide bonds. The molecular weight excluding hydrogens is 248 g/mol. The van der Waals surface area contributed by atoms with Gasteiger partial charge in [-0.15, -0.1) is 0 Å². The first kappa shape index (κ1) is 11.4. The fourth-order valence-electron chi connectivity index (χ4n) is 1.79. The third kappa shape index (κ3) is 1.27.